The zero-order valence-corrected chi connectivity index (χ0v) is 13.1. The lowest BCUT2D eigenvalue weighted by Gasteiger charge is -2.36. The molecular formula is C17H27N2O. The molecule has 20 heavy (non-hydrogen) atoms. The van der Waals surface area contributed by atoms with Gasteiger partial charge in [0.05, 0.1) is 6.61 Å². The zero-order chi connectivity index (χ0) is 14.4. The second-order valence-electron chi connectivity index (χ2n) is 5.87. The first kappa shape index (κ1) is 15.3. The lowest BCUT2D eigenvalue weighted by atomic mass is 10.0. The molecule has 0 spiro atoms. The summed E-state index contributed by atoms with van der Waals surface area (Å²) in [6.07, 6.45) is 1.09. The Morgan fingerprint density at radius 2 is 1.70 bits per heavy atom. The minimum Gasteiger partial charge on any atom is -0.383 e. The molecule has 0 atom stereocenters. The molecule has 1 saturated heterocycles. The van der Waals surface area contributed by atoms with E-state index in [0.717, 1.165) is 45.8 Å². The number of anilines is 1. The van der Waals surface area contributed by atoms with Gasteiger partial charge in [0, 0.05) is 45.5 Å². The Morgan fingerprint density at radius 1 is 1.05 bits per heavy atom. The normalized spacial score (nSPS) is 16.9. The van der Waals surface area contributed by atoms with E-state index in [-0.39, 0.29) is 0 Å². The highest BCUT2D eigenvalue weighted by Crippen LogP contribution is 2.19. The lowest BCUT2D eigenvalue weighted by molar-refractivity contribution is 0.144. The van der Waals surface area contributed by atoms with Crippen LogP contribution in [0.3, 0.4) is 0 Å². The highest BCUT2D eigenvalue weighted by molar-refractivity contribution is 5.48. The van der Waals surface area contributed by atoms with Gasteiger partial charge in [-0.05, 0) is 30.0 Å². The molecule has 1 aromatic carbocycles. The molecule has 0 unspecified atom stereocenters. The summed E-state index contributed by atoms with van der Waals surface area (Å²) < 4.78 is 5.14. The van der Waals surface area contributed by atoms with E-state index in [1.807, 2.05) is 0 Å². The SMILES string of the molecule is COCCN1CCN(c2ccc(C[C](C)C)cc2)CC1. The molecular weight excluding hydrogens is 248 g/mol. The third kappa shape index (κ3) is 4.50. The zero-order valence-electron chi connectivity index (χ0n) is 13.1. The van der Waals surface area contributed by atoms with E-state index >= 15 is 0 Å². The number of piperazine rings is 1. The van der Waals surface area contributed by atoms with Crippen molar-refractivity contribution < 1.29 is 4.74 Å². The summed E-state index contributed by atoms with van der Waals surface area (Å²) in [5, 5.41) is 0. The van der Waals surface area contributed by atoms with Crippen LogP contribution < -0.4 is 4.90 Å². The van der Waals surface area contributed by atoms with E-state index in [2.05, 4.69) is 47.9 Å². The summed E-state index contributed by atoms with van der Waals surface area (Å²) in [7, 11) is 1.77. The van der Waals surface area contributed by atoms with Gasteiger partial charge in [-0.1, -0.05) is 26.0 Å². The molecule has 0 aliphatic carbocycles. The molecule has 1 aliphatic heterocycles. The first-order valence-corrected chi connectivity index (χ1v) is 7.53. The van der Waals surface area contributed by atoms with Crippen LogP contribution in [0.5, 0.6) is 0 Å². The van der Waals surface area contributed by atoms with Crippen LogP contribution in [0.15, 0.2) is 24.3 Å². The molecule has 0 aromatic heterocycles. The smallest absolute Gasteiger partial charge is 0.0589 e. The van der Waals surface area contributed by atoms with Crippen LogP contribution in [0.2, 0.25) is 0 Å². The summed E-state index contributed by atoms with van der Waals surface area (Å²) >= 11 is 0. The van der Waals surface area contributed by atoms with Gasteiger partial charge in [-0.15, -0.1) is 0 Å². The molecule has 1 aliphatic rings. The quantitative estimate of drug-likeness (QED) is 0.794. The number of rotatable bonds is 6. The summed E-state index contributed by atoms with van der Waals surface area (Å²) in [5.41, 5.74) is 2.77. The van der Waals surface area contributed by atoms with Gasteiger partial charge in [0.2, 0.25) is 0 Å². The van der Waals surface area contributed by atoms with E-state index < -0.39 is 0 Å². The Hall–Kier alpha value is -1.06. The third-order valence-electron chi connectivity index (χ3n) is 3.84. The van der Waals surface area contributed by atoms with E-state index in [0.29, 0.717) is 0 Å². The molecule has 0 N–H and O–H groups in total. The van der Waals surface area contributed by atoms with Gasteiger partial charge in [0.15, 0.2) is 0 Å². The molecule has 0 amide bonds. The Bertz CT molecular complexity index is 380. The van der Waals surface area contributed by atoms with Gasteiger partial charge in [-0.25, -0.2) is 0 Å². The van der Waals surface area contributed by atoms with Crippen molar-refractivity contribution in [3.05, 3.63) is 35.7 Å². The maximum atomic E-state index is 5.14. The molecule has 1 radical (unpaired) electrons. The summed E-state index contributed by atoms with van der Waals surface area (Å²) in [4.78, 5) is 4.96. The highest BCUT2D eigenvalue weighted by atomic mass is 16.5. The van der Waals surface area contributed by atoms with Gasteiger partial charge in [0.25, 0.3) is 0 Å². The van der Waals surface area contributed by atoms with E-state index in [9.17, 15) is 0 Å². The second kappa shape index (κ2) is 7.65. The Balaban J connectivity index is 1.84. The van der Waals surface area contributed by atoms with Gasteiger partial charge in [0.1, 0.15) is 0 Å². The van der Waals surface area contributed by atoms with Crippen molar-refractivity contribution in [2.24, 2.45) is 0 Å². The Labute approximate surface area is 123 Å². The fourth-order valence-corrected chi connectivity index (χ4v) is 2.68. The largest absolute Gasteiger partial charge is 0.383 e. The van der Waals surface area contributed by atoms with Crippen molar-refractivity contribution in [3.8, 4) is 0 Å². The van der Waals surface area contributed by atoms with Crippen molar-refractivity contribution in [3.63, 3.8) is 0 Å². The summed E-state index contributed by atoms with van der Waals surface area (Å²) in [6.45, 7) is 10.8. The fraction of sp³-hybridized carbons (Fsp3) is 0.588. The van der Waals surface area contributed by atoms with Crippen molar-refractivity contribution in [1.82, 2.24) is 4.90 Å². The predicted octanol–water partition coefficient (Wildman–Crippen LogP) is 2.61. The van der Waals surface area contributed by atoms with E-state index in [1.165, 1.54) is 17.2 Å². The molecule has 3 nitrogen and oxygen atoms in total. The molecule has 0 saturated carbocycles. The average Bonchev–Trinajstić information content (AvgIpc) is 2.46. The Kier molecular flexibility index (Phi) is 5.86. The van der Waals surface area contributed by atoms with Crippen LogP contribution in [-0.2, 0) is 11.2 Å². The number of nitrogens with zero attached hydrogens (tertiary/aromatic N) is 2. The molecule has 2 rings (SSSR count). The topological polar surface area (TPSA) is 15.7 Å². The van der Waals surface area contributed by atoms with Crippen LogP contribution in [0.1, 0.15) is 19.4 Å². The van der Waals surface area contributed by atoms with Crippen molar-refractivity contribution in [2.45, 2.75) is 20.3 Å². The standard InChI is InChI=1S/C17H27N2O/c1-15(2)14-16-4-6-17(7-5-16)19-10-8-18(9-11-19)12-13-20-3/h4-7H,8-14H2,1-3H3. The fourth-order valence-electron chi connectivity index (χ4n) is 2.68. The predicted molar refractivity (Wildman–Crippen MR) is 85.3 cm³/mol. The summed E-state index contributed by atoms with van der Waals surface area (Å²) in [6, 6.07) is 9.06. The molecule has 111 valence electrons. The van der Waals surface area contributed by atoms with Crippen molar-refractivity contribution in [1.29, 1.82) is 0 Å². The van der Waals surface area contributed by atoms with Crippen LogP contribution in [-0.4, -0.2) is 51.3 Å². The maximum absolute atomic E-state index is 5.14. The summed E-state index contributed by atoms with van der Waals surface area (Å²) in [5.74, 6) is 1.46. The van der Waals surface area contributed by atoms with Crippen LogP contribution in [0.25, 0.3) is 0 Å². The van der Waals surface area contributed by atoms with Crippen LogP contribution >= 0.6 is 0 Å². The lowest BCUT2D eigenvalue weighted by Crippen LogP contribution is -2.47. The average molecular weight is 275 g/mol. The third-order valence-corrected chi connectivity index (χ3v) is 3.84. The van der Waals surface area contributed by atoms with Crippen molar-refractivity contribution in [2.75, 3.05) is 51.3 Å². The van der Waals surface area contributed by atoms with Crippen LogP contribution in [0, 0.1) is 5.92 Å². The number of hydrogen-bond acceptors (Lipinski definition) is 3. The van der Waals surface area contributed by atoms with Crippen LogP contribution in [0.4, 0.5) is 5.69 Å². The highest BCUT2D eigenvalue weighted by Gasteiger charge is 2.16. The maximum Gasteiger partial charge on any atom is 0.0589 e. The van der Waals surface area contributed by atoms with Crippen molar-refractivity contribution >= 4 is 5.69 Å². The minimum atomic E-state index is 0.835. The molecule has 0 bridgehead atoms. The molecule has 1 heterocycles. The van der Waals surface area contributed by atoms with Gasteiger partial charge in [-0.3, -0.25) is 4.90 Å². The first-order chi connectivity index (χ1) is 9.69. The number of hydrogen-bond donors (Lipinski definition) is 0. The van der Waals surface area contributed by atoms with Gasteiger partial charge < -0.3 is 9.64 Å². The first-order valence-electron chi connectivity index (χ1n) is 7.53. The number of benzene rings is 1. The second-order valence-corrected chi connectivity index (χ2v) is 5.87. The van der Waals surface area contributed by atoms with Gasteiger partial charge >= 0.3 is 0 Å². The van der Waals surface area contributed by atoms with E-state index in [1.54, 1.807) is 7.11 Å². The molecule has 1 aromatic rings. The molecule has 3 heteroatoms. The number of methoxy groups -OCH3 is 1. The molecule has 1 fully saturated rings. The monoisotopic (exact) mass is 275 g/mol. The number of ether oxygens (including phenoxy) is 1. The Morgan fingerprint density at radius 3 is 2.25 bits per heavy atom. The van der Waals surface area contributed by atoms with E-state index in [4.69, 9.17) is 4.74 Å². The van der Waals surface area contributed by atoms with Gasteiger partial charge in [-0.2, -0.15) is 0 Å². The minimum absolute atomic E-state index is 0.835.